The smallest absolute Gasteiger partial charge is 0.252 e. The maximum Gasteiger partial charge on any atom is 0.252 e. The van der Waals surface area contributed by atoms with Crippen LogP contribution in [0.5, 0.6) is 5.75 Å². The van der Waals surface area contributed by atoms with E-state index in [4.69, 9.17) is 9.47 Å². The Bertz CT molecular complexity index is 882. The van der Waals surface area contributed by atoms with Crippen molar-refractivity contribution in [2.75, 3.05) is 25.6 Å². The number of amides is 1. The van der Waals surface area contributed by atoms with E-state index in [0.29, 0.717) is 31.1 Å². The fraction of sp³-hybridized carbons (Fsp3) is 0.217. The highest BCUT2D eigenvalue weighted by Gasteiger charge is 2.06. The highest BCUT2D eigenvalue weighted by molar-refractivity contribution is 5.94. The lowest BCUT2D eigenvalue weighted by Crippen LogP contribution is -2.25. The summed E-state index contributed by atoms with van der Waals surface area (Å²) >= 11 is 0. The summed E-state index contributed by atoms with van der Waals surface area (Å²) in [5.74, 6) is 1.33. The van der Waals surface area contributed by atoms with Gasteiger partial charge >= 0.3 is 0 Å². The summed E-state index contributed by atoms with van der Waals surface area (Å²) in [7, 11) is 1.64. The first-order valence-corrected chi connectivity index (χ1v) is 9.51. The molecule has 2 aromatic carbocycles. The molecule has 0 aliphatic rings. The Morgan fingerprint density at radius 1 is 1.00 bits per heavy atom. The zero-order valence-corrected chi connectivity index (χ0v) is 16.4. The van der Waals surface area contributed by atoms with E-state index >= 15 is 0 Å². The zero-order chi connectivity index (χ0) is 20.3. The number of hydrogen-bond acceptors (Lipinski definition) is 5. The zero-order valence-electron chi connectivity index (χ0n) is 16.4. The molecule has 0 atom stereocenters. The Hall–Kier alpha value is -3.38. The van der Waals surface area contributed by atoms with Crippen molar-refractivity contribution in [3.63, 3.8) is 0 Å². The number of hydrogen-bond donors (Lipinski definition) is 2. The second-order valence-corrected chi connectivity index (χ2v) is 6.46. The Kier molecular flexibility index (Phi) is 7.60. The van der Waals surface area contributed by atoms with Crippen LogP contribution in [0.3, 0.4) is 0 Å². The largest absolute Gasteiger partial charge is 0.489 e. The predicted octanol–water partition coefficient (Wildman–Crippen LogP) is 4.17. The van der Waals surface area contributed by atoms with Crippen LogP contribution in [0.2, 0.25) is 0 Å². The van der Waals surface area contributed by atoms with Gasteiger partial charge in [0.15, 0.2) is 0 Å². The number of rotatable bonds is 10. The topological polar surface area (TPSA) is 72.5 Å². The van der Waals surface area contributed by atoms with Gasteiger partial charge in [0.05, 0.1) is 5.56 Å². The number of ether oxygens (including phenoxy) is 2. The Labute approximate surface area is 170 Å². The SMILES string of the molecule is COCCCNC(=O)c1ccc(Nc2ccc(OCc3ccccc3)cc2)nc1. The third kappa shape index (κ3) is 6.62. The second-order valence-electron chi connectivity index (χ2n) is 6.46. The van der Waals surface area contributed by atoms with Crippen molar-refractivity contribution in [1.82, 2.24) is 10.3 Å². The molecule has 0 radical (unpaired) electrons. The molecule has 1 heterocycles. The Balaban J connectivity index is 1.49. The normalized spacial score (nSPS) is 10.4. The number of anilines is 2. The van der Waals surface area contributed by atoms with Gasteiger partial charge in [-0.2, -0.15) is 0 Å². The predicted molar refractivity (Wildman–Crippen MR) is 114 cm³/mol. The van der Waals surface area contributed by atoms with Crippen molar-refractivity contribution >= 4 is 17.4 Å². The van der Waals surface area contributed by atoms with E-state index in [2.05, 4.69) is 15.6 Å². The standard InChI is InChI=1S/C23H25N3O3/c1-28-15-5-14-24-23(27)19-8-13-22(25-16-19)26-20-9-11-21(12-10-20)29-17-18-6-3-2-4-7-18/h2-4,6-13,16H,5,14-15,17H2,1H3,(H,24,27)(H,25,26). The van der Waals surface area contributed by atoms with Crippen molar-refractivity contribution in [3.05, 3.63) is 84.1 Å². The molecule has 0 saturated heterocycles. The minimum absolute atomic E-state index is 0.139. The minimum Gasteiger partial charge on any atom is -0.489 e. The molecule has 0 aliphatic carbocycles. The van der Waals surface area contributed by atoms with E-state index in [0.717, 1.165) is 23.4 Å². The molecular formula is C23H25N3O3. The van der Waals surface area contributed by atoms with Crippen molar-refractivity contribution in [2.24, 2.45) is 0 Å². The van der Waals surface area contributed by atoms with Crippen molar-refractivity contribution in [2.45, 2.75) is 13.0 Å². The summed E-state index contributed by atoms with van der Waals surface area (Å²) in [4.78, 5) is 16.4. The van der Waals surface area contributed by atoms with E-state index in [-0.39, 0.29) is 5.91 Å². The van der Waals surface area contributed by atoms with Crippen LogP contribution in [0.15, 0.2) is 72.9 Å². The number of aromatic nitrogens is 1. The molecule has 29 heavy (non-hydrogen) atoms. The highest BCUT2D eigenvalue weighted by Crippen LogP contribution is 2.20. The number of methoxy groups -OCH3 is 1. The van der Waals surface area contributed by atoms with Gasteiger partial charge in [0, 0.05) is 32.1 Å². The van der Waals surface area contributed by atoms with Crippen LogP contribution in [0.1, 0.15) is 22.3 Å². The van der Waals surface area contributed by atoms with Crippen LogP contribution < -0.4 is 15.4 Å². The third-order valence-electron chi connectivity index (χ3n) is 4.21. The fourth-order valence-electron chi connectivity index (χ4n) is 2.65. The van der Waals surface area contributed by atoms with Gasteiger partial charge in [-0.25, -0.2) is 4.98 Å². The lowest BCUT2D eigenvalue weighted by atomic mass is 10.2. The molecule has 6 nitrogen and oxygen atoms in total. The molecule has 150 valence electrons. The molecule has 0 aliphatic heterocycles. The van der Waals surface area contributed by atoms with Crippen LogP contribution >= 0.6 is 0 Å². The highest BCUT2D eigenvalue weighted by atomic mass is 16.5. The first kappa shape index (κ1) is 20.4. The summed E-state index contributed by atoms with van der Waals surface area (Å²) in [6.45, 7) is 1.73. The van der Waals surface area contributed by atoms with Gasteiger partial charge in [0.1, 0.15) is 18.2 Å². The number of nitrogens with one attached hydrogen (secondary N) is 2. The molecule has 1 aromatic heterocycles. The summed E-state index contributed by atoms with van der Waals surface area (Å²) in [6.07, 6.45) is 2.34. The van der Waals surface area contributed by atoms with Gasteiger partial charge in [-0.3, -0.25) is 4.79 Å². The van der Waals surface area contributed by atoms with Crippen LogP contribution in [0.4, 0.5) is 11.5 Å². The average molecular weight is 391 g/mol. The fourth-order valence-corrected chi connectivity index (χ4v) is 2.65. The van der Waals surface area contributed by atoms with E-state index in [1.165, 1.54) is 0 Å². The number of carbonyl (C=O) groups is 1. The summed E-state index contributed by atoms with van der Waals surface area (Å²) in [5, 5.41) is 6.06. The third-order valence-corrected chi connectivity index (χ3v) is 4.21. The van der Waals surface area contributed by atoms with Gasteiger partial charge in [0.2, 0.25) is 0 Å². The van der Waals surface area contributed by atoms with E-state index in [1.54, 1.807) is 25.4 Å². The van der Waals surface area contributed by atoms with Gasteiger partial charge in [0.25, 0.3) is 5.91 Å². The Morgan fingerprint density at radius 3 is 2.48 bits per heavy atom. The van der Waals surface area contributed by atoms with Crippen molar-refractivity contribution in [1.29, 1.82) is 0 Å². The summed E-state index contributed by atoms with van der Waals surface area (Å²) in [5.41, 5.74) is 2.54. The number of carbonyl (C=O) groups excluding carboxylic acids is 1. The maximum absolute atomic E-state index is 12.1. The molecule has 0 saturated carbocycles. The van der Waals surface area contributed by atoms with Gasteiger partial charge in [-0.05, 0) is 48.4 Å². The minimum atomic E-state index is -0.139. The molecule has 3 aromatic rings. The molecular weight excluding hydrogens is 366 g/mol. The van der Waals surface area contributed by atoms with Gasteiger partial charge in [-0.1, -0.05) is 30.3 Å². The summed E-state index contributed by atoms with van der Waals surface area (Å²) in [6, 6.07) is 21.2. The Morgan fingerprint density at radius 2 is 1.79 bits per heavy atom. The molecule has 0 bridgehead atoms. The first-order chi connectivity index (χ1) is 14.2. The average Bonchev–Trinajstić information content (AvgIpc) is 2.77. The molecule has 0 spiro atoms. The van der Waals surface area contributed by atoms with Crippen molar-refractivity contribution in [3.8, 4) is 5.75 Å². The van der Waals surface area contributed by atoms with E-state index < -0.39 is 0 Å². The van der Waals surface area contributed by atoms with Gasteiger partial charge in [-0.15, -0.1) is 0 Å². The van der Waals surface area contributed by atoms with E-state index in [9.17, 15) is 4.79 Å². The summed E-state index contributed by atoms with van der Waals surface area (Å²) < 4.78 is 10.8. The number of benzene rings is 2. The lowest BCUT2D eigenvalue weighted by Gasteiger charge is -2.09. The molecule has 3 rings (SSSR count). The molecule has 6 heteroatoms. The molecule has 1 amide bonds. The monoisotopic (exact) mass is 391 g/mol. The number of pyridine rings is 1. The lowest BCUT2D eigenvalue weighted by molar-refractivity contribution is 0.0948. The van der Waals surface area contributed by atoms with Crippen LogP contribution in [0.25, 0.3) is 0 Å². The first-order valence-electron chi connectivity index (χ1n) is 9.51. The quantitative estimate of drug-likeness (QED) is 0.508. The molecule has 2 N–H and O–H groups in total. The van der Waals surface area contributed by atoms with Crippen molar-refractivity contribution < 1.29 is 14.3 Å². The number of nitrogens with zero attached hydrogens (tertiary/aromatic N) is 1. The van der Waals surface area contributed by atoms with Gasteiger partial charge < -0.3 is 20.1 Å². The van der Waals surface area contributed by atoms with Crippen LogP contribution in [-0.4, -0.2) is 31.2 Å². The molecule has 0 fully saturated rings. The second kappa shape index (κ2) is 10.8. The van der Waals surface area contributed by atoms with Crippen LogP contribution in [-0.2, 0) is 11.3 Å². The van der Waals surface area contributed by atoms with E-state index in [1.807, 2.05) is 54.6 Å². The molecule has 0 unspecified atom stereocenters. The maximum atomic E-state index is 12.1. The van der Waals surface area contributed by atoms with Crippen LogP contribution in [0, 0.1) is 0 Å².